The van der Waals surface area contributed by atoms with Crippen LogP contribution in [-0.2, 0) is 16.6 Å². The Hall–Kier alpha value is -3.13. The van der Waals surface area contributed by atoms with Gasteiger partial charge in [0.05, 0.1) is 23.5 Å². The molecule has 8 heteroatoms. The van der Waals surface area contributed by atoms with Gasteiger partial charge < -0.3 is 9.73 Å². The van der Waals surface area contributed by atoms with Crippen molar-refractivity contribution in [2.45, 2.75) is 20.4 Å². The number of hydrogen-bond donors (Lipinski definition) is 2. The molecule has 0 atom stereocenters. The number of rotatable bonds is 7. The van der Waals surface area contributed by atoms with Crippen LogP contribution in [0.2, 0.25) is 0 Å². The number of amides is 1. The SMILES string of the molecule is CCS(=O)(=O)Nc1ccccc1-c1nc(CNC(=O)c2ccccc2)c(C)o1. The maximum atomic E-state index is 12.2. The number of sulfonamides is 1. The molecule has 0 spiro atoms. The van der Waals surface area contributed by atoms with Crippen molar-refractivity contribution in [3.8, 4) is 11.5 Å². The molecule has 0 saturated heterocycles. The van der Waals surface area contributed by atoms with Crippen LogP contribution in [0.15, 0.2) is 59.0 Å². The lowest BCUT2D eigenvalue weighted by molar-refractivity contribution is 0.0950. The number of para-hydroxylation sites is 1. The molecule has 0 aliphatic heterocycles. The third-order valence-electron chi connectivity index (χ3n) is 4.15. The summed E-state index contributed by atoms with van der Waals surface area (Å²) < 4.78 is 32.1. The monoisotopic (exact) mass is 399 g/mol. The van der Waals surface area contributed by atoms with Crippen molar-refractivity contribution >= 4 is 21.6 Å². The smallest absolute Gasteiger partial charge is 0.251 e. The molecule has 0 fully saturated rings. The first-order valence-electron chi connectivity index (χ1n) is 8.79. The van der Waals surface area contributed by atoms with Crippen molar-refractivity contribution in [2.75, 3.05) is 10.5 Å². The van der Waals surface area contributed by atoms with E-state index < -0.39 is 10.0 Å². The minimum Gasteiger partial charge on any atom is -0.441 e. The predicted molar refractivity (Wildman–Crippen MR) is 107 cm³/mol. The molecule has 1 aromatic heterocycles. The van der Waals surface area contributed by atoms with Crippen LogP contribution in [0.1, 0.15) is 28.7 Å². The number of hydrogen-bond acceptors (Lipinski definition) is 5. The summed E-state index contributed by atoms with van der Waals surface area (Å²) in [5.74, 6) is 0.593. The van der Waals surface area contributed by atoms with Gasteiger partial charge in [0.1, 0.15) is 11.5 Å². The molecule has 3 aromatic rings. The topological polar surface area (TPSA) is 101 Å². The van der Waals surface area contributed by atoms with Crippen LogP contribution in [0.4, 0.5) is 5.69 Å². The molecular weight excluding hydrogens is 378 g/mol. The van der Waals surface area contributed by atoms with Crippen LogP contribution in [0, 0.1) is 6.92 Å². The van der Waals surface area contributed by atoms with E-state index in [1.165, 1.54) is 0 Å². The summed E-state index contributed by atoms with van der Waals surface area (Å²) in [5.41, 5.74) is 2.06. The van der Waals surface area contributed by atoms with E-state index in [1.807, 2.05) is 6.07 Å². The fraction of sp³-hybridized carbons (Fsp3) is 0.200. The average Bonchev–Trinajstić information content (AvgIpc) is 3.07. The average molecular weight is 399 g/mol. The third-order valence-corrected chi connectivity index (χ3v) is 5.44. The summed E-state index contributed by atoms with van der Waals surface area (Å²) in [6.07, 6.45) is 0. The lowest BCUT2D eigenvalue weighted by atomic mass is 10.2. The van der Waals surface area contributed by atoms with E-state index in [0.717, 1.165) is 0 Å². The quantitative estimate of drug-likeness (QED) is 0.634. The second-order valence-corrected chi connectivity index (χ2v) is 8.13. The van der Waals surface area contributed by atoms with Gasteiger partial charge in [-0.05, 0) is 38.1 Å². The molecule has 0 aliphatic carbocycles. The second-order valence-electron chi connectivity index (χ2n) is 6.12. The van der Waals surface area contributed by atoms with Crippen molar-refractivity contribution in [2.24, 2.45) is 0 Å². The number of carbonyl (C=O) groups excluding carboxylic acids is 1. The van der Waals surface area contributed by atoms with Crippen molar-refractivity contribution in [3.63, 3.8) is 0 Å². The normalized spacial score (nSPS) is 11.2. The number of nitrogens with zero attached hydrogens (tertiary/aromatic N) is 1. The zero-order valence-electron chi connectivity index (χ0n) is 15.6. The molecule has 1 amide bonds. The van der Waals surface area contributed by atoms with Crippen molar-refractivity contribution < 1.29 is 17.6 Å². The Morgan fingerprint density at radius 2 is 1.75 bits per heavy atom. The molecule has 0 unspecified atom stereocenters. The molecule has 2 N–H and O–H groups in total. The largest absolute Gasteiger partial charge is 0.441 e. The highest BCUT2D eigenvalue weighted by Gasteiger charge is 2.17. The molecule has 7 nitrogen and oxygen atoms in total. The van der Waals surface area contributed by atoms with E-state index in [4.69, 9.17) is 4.42 Å². The molecule has 0 aliphatic rings. The van der Waals surface area contributed by atoms with Gasteiger partial charge >= 0.3 is 0 Å². The summed E-state index contributed by atoms with van der Waals surface area (Å²) in [4.78, 5) is 16.6. The molecule has 0 saturated carbocycles. The van der Waals surface area contributed by atoms with E-state index in [0.29, 0.717) is 28.3 Å². The summed E-state index contributed by atoms with van der Waals surface area (Å²) >= 11 is 0. The van der Waals surface area contributed by atoms with Gasteiger partial charge in [0.2, 0.25) is 15.9 Å². The molecule has 146 valence electrons. The highest BCUT2D eigenvalue weighted by atomic mass is 32.2. The van der Waals surface area contributed by atoms with Gasteiger partial charge in [-0.1, -0.05) is 30.3 Å². The van der Waals surface area contributed by atoms with E-state index in [2.05, 4.69) is 15.0 Å². The molecule has 0 bridgehead atoms. The van der Waals surface area contributed by atoms with Crippen LogP contribution in [0.5, 0.6) is 0 Å². The number of anilines is 1. The molecule has 0 radical (unpaired) electrons. The third kappa shape index (κ3) is 4.58. The first kappa shape index (κ1) is 19.6. The number of carbonyl (C=O) groups is 1. The van der Waals surface area contributed by atoms with E-state index in [1.54, 1.807) is 62.4 Å². The Morgan fingerprint density at radius 3 is 2.46 bits per heavy atom. The van der Waals surface area contributed by atoms with Crippen LogP contribution in [0.3, 0.4) is 0 Å². The van der Waals surface area contributed by atoms with Gasteiger partial charge in [0.25, 0.3) is 5.91 Å². The van der Waals surface area contributed by atoms with E-state index in [-0.39, 0.29) is 24.1 Å². The summed E-state index contributed by atoms with van der Waals surface area (Å²) in [6.45, 7) is 3.51. The Bertz CT molecular complexity index is 1080. The van der Waals surface area contributed by atoms with Gasteiger partial charge in [0.15, 0.2) is 0 Å². The van der Waals surface area contributed by atoms with Crippen LogP contribution < -0.4 is 10.0 Å². The van der Waals surface area contributed by atoms with E-state index in [9.17, 15) is 13.2 Å². The highest BCUT2D eigenvalue weighted by Crippen LogP contribution is 2.29. The maximum Gasteiger partial charge on any atom is 0.251 e. The lowest BCUT2D eigenvalue weighted by Crippen LogP contribution is -2.23. The Kier molecular flexibility index (Phi) is 5.79. The Morgan fingerprint density at radius 1 is 1.07 bits per heavy atom. The molecule has 2 aromatic carbocycles. The minimum absolute atomic E-state index is 0.0390. The van der Waals surface area contributed by atoms with Crippen molar-refractivity contribution in [1.82, 2.24) is 10.3 Å². The van der Waals surface area contributed by atoms with Gasteiger partial charge in [0, 0.05) is 5.56 Å². The molecule has 1 heterocycles. The first-order valence-corrected chi connectivity index (χ1v) is 10.4. The van der Waals surface area contributed by atoms with Gasteiger partial charge in [-0.15, -0.1) is 0 Å². The van der Waals surface area contributed by atoms with Crippen molar-refractivity contribution in [3.05, 3.63) is 71.6 Å². The number of aryl methyl sites for hydroxylation is 1. The van der Waals surface area contributed by atoms with Gasteiger partial charge in [-0.2, -0.15) is 0 Å². The van der Waals surface area contributed by atoms with Gasteiger partial charge in [-0.3, -0.25) is 9.52 Å². The van der Waals surface area contributed by atoms with Crippen LogP contribution in [-0.4, -0.2) is 25.1 Å². The predicted octanol–water partition coefficient (Wildman–Crippen LogP) is 3.34. The van der Waals surface area contributed by atoms with Crippen molar-refractivity contribution in [1.29, 1.82) is 0 Å². The molecule has 28 heavy (non-hydrogen) atoms. The Labute approximate surface area is 163 Å². The zero-order chi connectivity index (χ0) is 20.1. The second kappa shape index (κ2) is 8.26. The number of benzene rings is 2. The lowest BCUT2D eigenvalue weighted by Gasteiger charge is -2.09. The standard InChI is InChI=1S/C20H21N3O4S/c1-3-28(25,26)23-17-12-8-7-11-16(17)20-22-18(14(2)27-20)13-21-19(24)15-9-5-4-6-10-15/h4-12,23H,3,13H2,1-2H3,(H,21,24). The molecule has 3 rings (SSSR count). The summed E-state index contributed by atoms with van der Waals surface area (Å²) in [5, 5.41) is 2.81. The summed E-state index contributed by atoms with van der Waals surface area (Å²) in [6, 6.07) is 15.8. The summed E-state index contributed by atoms with van der Waals surface area (Å²) in [7, 11) is -3.43. The number of oxazole rings is 1. The highest BCUT2D eigenvalue weighted by molar-refractivity contribution is 7.92. The van der Waals surface area contributed by atoms with Gasteiger partial charge in [-0.25, -0.2) is 13.4 Å². The fourth-order valence-corrected chi connectivity index (χ4v) is 3.22. The van der Waals surface area contributed by atoms with Crippen LogP contribution >= 0.6 is 0 Å². The maximum absolute atomic E-state index is 12.2. The molecular formula is C20H21N3O4S. The first-order chi connectivity index (χ1) is 13.4. The number of aromatic nitrogens is 1. The number of nitrogens with one attached hydrogen (secondary N) is 2. The zero-order valence-corrected chi connectivity index (χ0v) is 16.4. The van der Waals surface area contributed by atoms with E-state index >= 15 is 0 Å². The van der Waals surface area contributed by atoms with Crippen LogP contribution in [0.25, 0.3) is 11.5 Å². The fourth-order valence-electron chi connectivity index (χ4n) is 2.56. The Balaban J connectivity index is 1.80. The minimum atomic E-state index is -3.43.